The largest absolute Gasteiger partial charge is 0.465 e. The van der Waals surface area contributed by atoms with E-state index >= 15 is 0 Å². The number of carbonyl (C=O) groups is 3. The Bertz CT molecular complexity index is 590. The predicted octanol–water partition coefficient (Wildman–Crippen LogP) is 3.39. The Kier molecular flexibility index (Phi) is 7.22. The highest BCUT2D eigenvalue weighted by molar-refractivity contribution is 7.18. The number of hydrogen-bond acceptors (Lipinski definition) is 6. The molecule has 1 amide bonds. The molecule has 0 aromatic carbocycles. The second kappa shape index (κ2) is 8.67. The van der Waals surface area contributed by atoms with Gasteiger partial charge in [-0.1, -0.05) is 13.8 Å². The van der Waals surface area contributed by atoms with Crippen LogP contribution in [0.3, 0.4) is 0 Å². The van der Waals surface area contributed by atoms with Crippen molar-refractivity contribution in [2.45, 2.75) is 40.5 Å². The summed E-state index contributed by atoms with van der Waals surface area (Å²) in [6.07, 6.45) is 1.40. The number of rotatable bonds is 7. The maximum absolute atomic E-state index is 12.3. The van der Waals surface area contributed by atoms with Gasteiger partial charge in [0.1, 0.15) is 9.88 Å². The van der Waals surface area contributed by atoms with Gasteiger partial charge in [0.2, 0.25) is 5.91 Å². The quantitative estimate of drug-likeness (QED) is 0.769. The smallest absolute Gasteiger partial charge is 0.348 e. The number of ether oxygens (including phenoxy) is 2. The molecule has 0 bridgehead atoms. The number of nitrogens with one attached hydrogen (secondary N) is 1. The molecule has 0 aliphatic heterocycles. The molecule has 128 valence electrons. The normalized spacial score (nSPS) is 10.5. The lowest BCUT2D eigenvalue weighted by molar-refractivity contribution is -0.120. The number of methoxy groups -OCH3 is 1. The van der Waals surface area contributed by atoms with E-state index in [0.29, 0.717) is 23.4 Å². The second-order valence-electron chi connectivity index (χ2n) is 4.98. The fourth-order valence-corrected chi connectivity index (χ4v) is 3.33. The first-order chi connectivity index (χ1) is 10.9. The Balaban J connectivity index is 3.25. The Morgan fingerprint density at radius 3 is 2.22 bits per heavy atom. The summed E-state index contributed by atoms with van der Waals surface area (Å²) < 4.78 is 9.76. The van der Waals surface area contributed by atoms with E-state index in [4.69, 9.17) is 9.47 Å². The molecular formula is C16H23NO5S. The van der Waals surface area contributed by atoms with Gasteiger partial charge in [-0.15, -0.1) is 11.3 Å². The summed E-state index contributed by atoms with van der Waals surface area (Å²) in [5.41, 5.74) is 0.678. The highest BCUT2D eigenvalue weighted by Gasteiger charge is 2.28. The topological polar surface area (TPSA) is 81.7 Å². The van der Waals surface area contributed by atoms with Crippen molar-refractivity contribution in [2.24, 2.45) is 5.92 Å². The number of amides is 1. The minimum absolute atomic E-state index is 0.144. The van der Waals surface area contributed by atoms with Crippen molar-refractivity contribution >= 4 is 34.2 Å². The number of anilines is 1. The molecule has 7 heteroatoms. The summed E-state index contributed by atoms with van der Waals surface area (Å²) in [7, 11) is 1.27. The summed E-state index contributed by atoms with van der Waals surface area (Å²) in [5, 5.41) is 3.09. The van der Waals surface area contributed by atoms with Crippen molar-refractivity contribution in [2.75, 3.05) is 19.0 Å². The molecule has 1 aromatic rings. The summed E-state index contributed by atoms with van der Waals surface area (Å²) in [4.78, 5) is 36.6. The fourth-order valence-electron chi connectivity index (χ4n) is 2.21. The van der Waals surface area contributed by atoms with Gasteiger partial charge in [0.25, 0.3) is 0 Å². The summed E-state index contributed by atoms with van der Waals surface area (Å²) in [6.45, 7) is 7.41. The molecule has 0 aliphatic rings. The van der Waals surface area contributed by atoms with Crippen molar-refractivity contribution < 1.29 is 23.9 Å². The van der Waals surface area contributed by atoms with Crippen LogP contribution in [0.25, 0.3) is 0 Å². The summed E-state index contributed by atoms with van der Waals surface area (Å²) >= 11 is 1.03. The zero-order valence-corrected chi connectivity index (χ0v) is 15.0. The molecule has 1 heterocycles. The van der Waals surface area contributed by atoms with Gasteiger partial charge in [0.15, 0.2) is 0 Å². The molecule has 0 radical (unpaired) electrons. The van der Waals surface area contributed by atoms with E-state index < -0.39 is 11.9 Å². The van der Waals surface area contributed by atoms with Crippen molar-refractivity contribution in [1.29, 1.82) is 0 Å². The number of thiophene rings is 1. The van der Waals surface area contributed by atoms with E-state index in [9.17, 15) is 14.4 Å². The highest BCUT2D eigenvalue weighted by Crippen LogP contribution is 2.34. The zero-order chi connectivity index (χ0) is 17.6. The molecule has 0 fully saturated rings. The van der Waals surface area contributed by atoms with Gasteiger partial charge in [0, 0.05) is 5.92 Å². The summed E-state index contributed by atoms with van der Waals surface area (Å²) in [5.74, 6) is -1.41. The molecule has 0 aliphatic carbocycles. The van der Waals surface area contributed by atoms with Gasteiger partial charge in [-0.25, -0.2) is 9.59 Å². The van der Waals surface area contributed by atoms with Gasteiger partial charge in [-0.05, 0) is 32.3 Å². The van der Waals surface area contributed by atoms with Gasteiger partial charge < -0.3 is 14.8 Å². The van der Waals surface area contributed by atoms with Crippen LogP contribution < -0.4 is 5.32 Å². The van der Waals surface area contributed by atoms with E-state index in [0.717, 1.165) is 11.3 Å². The molecule has 0 saturated carbocycles. The van der Waals surface area contributed by atoms with Gasteiger partial charge in [0.05, 0.1) is 19.3 Å². The molecule has 1 rings (SSSR count). The number of esters is 2. The minimum Gasteiger partial charge on any atom is -0.465 e. The number of carbonyl (C=O) groups excluding carboxylic acids is 3. The maximum Gasteiger partial charge on any atom is 0.348 e. The highest BCUT2D eigenvalue weighted by atomic mass is 32.1. The van der Waals surface area contributed by atoms with E-state index in [1.165, 1.54) is 7.11 Å². The third-order valence-electron chi connectivity index (χ3n) is 3.59. The molecule has 0 saturated heterocycles. The molecular weight excluding hydrogens is 318 g/mol. The average molecular weight is 341 g/mol. The fraction of sp³-hybridized carbons (Fsp3) is 0.562. The van der Waals surface area contributed by atoms with Crippen molar-refractivity contribution in [1.82, 2.24) is 0 Å². The maximum atomic E-state index is 12.3. The van der Waals surface area contributed by atoms with Crippen LogP contribution in [0.5, 0.6) is 0 Å². The van der Waals surface area contributed by atoms with Gasteiger partial charge in [-0.2, -0.15) is 0 Å². The van der Waals surface area contributed by atoms with Crippen LogP contribution in [0.2, 0.25) is 0 Å². The molecule has 23 heavy (non-hydrogen) atoms. The van der Waals surface area contributed by atoms with E-state index in [2.05, 4.69) is 5.32 Å². The molecule has 0 unspecified atom stereocenters. The molecule has 6 nitrogen and oxygen atoms in total. The lowest BCUT2D eigenvalue weighted by Gasteiger charge is -2.12. The minimum atomic E-state index is -0.559. The second-order valence-corrected chi connectivity index (χ2v) is 6.00. The molecule has 0 spiro atoms. The van der Waals surface area contributed by atoms with Crippen LogP contribution in [0, 0.1) is 12.8 Å². The van der Waals surface area contributed by atoms with E-state index in [1.807, 2.05) is 13.8 Å². The molecule has 1 N–H and O–H groups in total. The number of hydrogen-bond donors (Lipinski definition) is 1. The first kappa shape index (κ1) is 19.2. The first-order valence-corrected chi connectivity index (χ1v) is 8.42. The summed E-state index contributed by atoms with van der Waals surface area (Å²) in [6, 6.07) is 0. The Morgan fingerprint density at radius 2 is 1.74 bits per heavy atom. The average Bonchev–Trinajstić information content (AvgIpc) is 2.84. The van der Waals surface area contributed by atoms with Crippen molar-refractivity contribution in [3.63, 3.8) is 0 Å². The Hall–Kier alpha value is -1.89. The molecule has 1 aromatic heterocycles. The van der Waals surface area contributed by atoms with Crippen molar-refractivity contribution in [3.8, 4) is 0 Å². The lowest BCUT2D eigenvalue weighted by atomic mass is 10.0. The molecule has 0 atom stereocenters. The van der Waals surface area contributed by atoms with Crippen LogP contribution in [-0.2, 0) is 14.3 Å². The zero-order valence-electron chi connectivity index (χ0n) is 14.1. The van der Waals surface area contributed by atoms with Crippen LogP contribution >= 0.6 is 11.3 Å². The van der Waals surface area contributed by atoms with Crippen LogP contribution in [0.4, 0.5) is 5.00 Å². The first-order valence-electron chi connectivity index (χ1n) is 7.60. The van der Waals surface area contributed by atoms with Crippen LogP contribution in [0.1, 0.15) is 59.2 Å². The van der Waals surface area contributed by atoms with E-state index in [1.54, 1.807) is 13.8 Å². The Morgan fingerprint density at radius 1 is 1.13 bits per heavy atom. The third-order valence-corrected chi connectivity index (χ3v) is 4.78. The predicted molar refractivity (Wildman–Crippen MR) is 89.1 cm³/mol. The van der Waals surface area contributed by atoms with Crippen LogP contribution in [0.15, 0.2) is 0 Å². The lowest BCUT2D eigenvalue weighted by Crippen LogP contribution is -2.22. The monoisotopic (exact) mass is 341 g/mol. The van der Waals surface area contributed by atoms with Gasteiger partial charge >= 0.3 is 11.9 Å². The van der Waals surface area contributed by atoms with Gasteiger partial charge in [-0.3, -0.25) is 4.79 Å². The SMILES string of the molecule is CCOC(=O)c1c(NC(=O)C(CC)CC)sc(C(=O)OC)c1C. The Labute approximate surface area is 140 Å². The van der Waals surface area contributed by atoms with E-state index in [-0.39, 0.29) is 28.9 Å². The standard InChI is InChI=1S/C16H23NO5S/c1-6-10(7-2)13(18)17-14-11(15(19)22-8-3)9(4)12(23-14)16(20)21-5/h10H,6-8H2,1-5H3,(H,17,18). The van der Waals surface area contributed by atoms with Crippen molar-refractivity contribution in [3.05, 3.63) is 16.0 Å². The third kappa shape index (κ3) is 4.31. The van der Waals surface area contributed by atoms with Crippen LogP contribution in [-0.4, -0.2) is 31.6 Å².